The second-order valence-electron chi connectivity index (χ2n) is 7.88. The second-order valence-corrected chi connectivity index (χ2v) is 7.88. The van der Waals surface area contributed by atoms with Crippen molar-refractivity contribution in [3.05, 3.63) is 70.5 Å². The maximum absolute atomic E-state index is 13.3. The van der Waals surface area contributed by atoms with Gasteiger partial charge >= 0.3 is 6.18 Å². The minimum atomic E-state index is -4.56. The van der Waals surface area contributed by atoms with Gasteiger partial charge in [0.05, 0.1) is 23.5 Å². The second kappa shape index (κ2) is 9.27. The van der Waals surface area contributed by atoms with Crippen LogP contribution in [0.4, 0.5) is 18.9 Å². The maximum atomic E-state index is 13.3. The molecule has 9 heteroatoms. The monoisotopic (exact) mass is 459 g/mol. The van der Waals surface area contributed by atoms with Crippen molar-refractivity contribution in [3.63, 3.8) is 0 Å². The Labute approximate surface area is 189 Å². The van der Waals surface area contributed by atoms with E-state index in [1.165, 1.54) is 13.2 Å². The zero-order chi connectivity index (χ0) is 23.6. The third-order valence-electron chi connectivity index (χ3n) is 5.52. The smallest absolute Gasteiger partial charge is 0.416 e. The van der Waals surface area contributed by atoms with Crippen LogP contribution < -0.4 is 10.1 Å². The molecule has 0 bridgehead atoms. The predicted octanol–water partition coefficient (Wildman–Crippen LogP) is 4.97. The zero-order valence-electron chi connectivity index (χ0n) is 18.3. The molecular formula is C24H24F3N3O3. The largest absolute Gasteiger partial charge is 0.489 e. The quantitative estimate of drug-likeness (QED) is 0.507. The van der Waals surface area contributed by atoms with Gasteiger partial charge in [-0.1, -0.05) is 17.7 Å². The highest BCUT2D eigenvalue weighted by atomic mass is 19.4. The van der Waals surface area contributed by atoms with E-state index in [-0.39, 0.29) is 30.3 Å². The van der Waals surface area contributed by atoms with E-state index >= 15 is 0 Å². The van der Waals surface area contributed by atoms with Crippen LogP contribution in [0.1, 0.15) is 39.3 Å². The van der Waals surface area contributed by atoms with Crippen LogP contribution >= 0.6 is 0 Å². The lowest BCUT2D eigenvalue weighted by Crippen LogP contribution is -2.17. The molecule has 0 saturated carbocycles. The highest BCUT2D eigenvalue weighted by molar-refractivity contribution is 6.05. The highest BCUT2D eigenvalue weighted by Crippen LogP contribution is 2.36. The summed E-state index contributed by atoms with van der Waals surface area (Å²) < 4.78 is 52.0. The highest BCUT2D eigenvalue weighted by Gasteiger charge is 2.32. The molecule has 174 valence electrons. The molecule has 0 aliphatic heterocycles. The lowest BCUT2D eigenvalue weighted by atomic mass is 10.1. The van der Waals surface area contributed by atoms with Gasteiger partial charge in [-0.05, 0) is 56.5 Å². The van der Waals surface area contributed by atoms with E-state index in [1.54, 1.807) is 4.68 Å². The number of methoxy groups -OCH3 is 1. The molecular weight excluding hydrogens is 435 g/mol. The van der Waals surface area contributed by atoms with Crippen molar-refractivity contribution in [2.24, 2.45) is 0 Å². The first-order valence-corrected chi connectivity index (χ1v) is 10.6. The van der Waals surface area contributed by atoms with Gasteiger partial charge in [-0.3, -0.25) is 4.79 Å². The van der Waals surface area contributed by atoms with E-state index < -0.39 is 17.6 Å². The summed E-state index contributed by atoms with van der Waals surface area (Å²) in [5.74, 6) is -0.446. The van der Waals surface area contributed by atoms with Crippen molar-refractivity contribution < 1.29 is 27.4 Å². The number of nitrogens with one attached hydrogen (secondary N) is 1. The van der Waals surface area contributed by atoms with Gasteiger partial charge in [0, 0.05) is 18.4 Å². The van der Waals surface area contributed by atoms with Gasteiger partial charge in [0.25, 0.3) is 5.91 Å². The Morgan fingerprint density at radius 2 is 1.88 bits per heavy atom. The Balaban J connectivity index is 1.67. The Morgan fingerprint density at radius 1 is 1.12 bits per heavy atom. The molecule has 1 heterocycles. The fourth-order valence-electron chi connectivity index (χ4n) is 3.87. The minimum Gasteiger partial charge on any atom is -0.489 e. The number of benzene rings is 2. The number of hydrogen-bond acceptors (Lipinski definition) is 4. The van der Waals surface area contributed by atoms with Crippen LogP contribution in [0.3, 0.4) is 0 Å². The molecule has 1 aromatic heterocycles. The SMILES string of the molecule is COCCOc1ccc(C(F)(F)F)cc1NC(=O)c1nn(-c2ccc(C)cc2)c2c1CCC2. The minimum absolute atomic E-state index is 0.0671. The van der Waals surface area contributed by atoms with Gasteiger partial charge in [0.15, 0.2) is 5.69 Å². The Bertz CT molecular complexity index is 1150. The molecule has 0 spiro atoms. The number of ether oxygens (including phenoxy) is 2. The number of carbonyl (C=O) groups excluding carboxylic acids is 1. The number of nitrogens with zero attached hydrogens (tertiary/aromatic N) is 2. The first-order valence-electron chi connectivity index (χ1n) is 10.6. The first kappa shape index (κ1) is 22.8. The van der Waals surface area contributed by atoms with Crippen LogP contribution in [0.25, 0.3) is 5.69 Å². The van der Waals surface area contributed by atoms with E-state index in [9.17, 15) is 18.0 Å². The van der Waals surface area contributed by atoms with Gasteiger partial charge < -0.3 is 14.8 Å². The van der Waals surface area contributed by atoms with Crippen LogP contribution in [0, 0.1) is 6.92 Å². The number of rotatable bonds is 7. The summed E-state index contributed by atoms with van der Waals surface area (Å²) in [6.07, 6.45) is -2.21. The van der Waals surface area contributed by atoms with Gasteiger partial charge in [0.2, 0.25) is 0 Å². The maximum Gasteiger partial charge on any atom is 0.416 e. The van der Waals surface area contributed by atoms with Crippen molar-refractivity contribution in [3.8, 4) is 11.4 Å². The summed E-state index contributed by atoms with van der Waals surface area (Å²) in [7, 11) is 1.49. The fourth-order valence-corrected chi connectivity index (χ4v) is 3.87. The Kier molecular flexibility index (Phi) is 6.42. The molecule has 0 atom stereocenters. The topological polar surface area (TPSA) is 65.4 Å². The predicted molar refractivity (Wildman–Crippen MR) is 117 cm³/mol. The molecule has 3 aromatic rings. The van der Waals surface area contributed by atoms with Gasteiger partial charge in [0.1, 0.15) is 12.4 Å². The van der Waals surface area contributed by atoms with E-state index in [1.807, 2.05) is 31.2 Å². The van der Waals surface area contributed by atoms with E-state index in [2.05, 4.69) is 10.4 Å². The van der Waals surface area contributed by atoms with E-state index in [4.69, 9.17) is 9.47 Å². The molecule has 0 saturated heterocycles. The van der Waals surface area contributed by atoms with Crippen LogP contribution in [0.2, 0.25) is 0 Å². The van der Waals surface area contributed by atoms with E-state index in [0.29, 0.717) is 6.42 Å². The number of amides is 1. The number of aromatic nitrogens is 2. The summed E-state index contributed by atoms with van der Waals surface area (Å²) >= 11 is 0. The van der Waals surface area contributed by atoms with Crippen molar-refractivity contribution >= 4 is 11.6 Å². The third-order valence-corrected chi connectivity index (χ3v) is 5.52. The summed E-state index contributed by atoms with van der Waals surface area (Å²) in [5.41, 5.74) is 2.97. The summed E-state index contributed by atoms with van der Waals surface area (Å²) in [6.45, 7) is 2.36. The van der Waals surface area contributed by atoms with Crippen molar-refractivity contribution in [2.75, 3.05) is 25.6 Å². The molecule has 33 heavy (non-hydrogen) atoms. The van der Waals surface area contributed by atoms with Crippen molar-refractivity contribution in [1.82, 2.24) is 9.78 Å². The third kappa shape index (κ3) is 4.88. The number of hydrogen-bond donors (Lipinski definition) is 1. The van der Waals surface area contributed by atoms with Gasteiger partial charge in [-0.15, -0.1) is 0 Å². The lowest BCUT2D eigenvalue weighted by Gasteiger charge is -2.15. The molecule has 1 amide bonds. The number of anilines is 1. The normalized spacial score (nSPS) is 13.1. The number of fused-ring (bicyclic) bond motifs is 1. The van der Waals surface area contributed by atoms with Crippen molar-refractivity contribution in [1.29, 1.82) is 0 Å². The lowest BCUT2D eigenvalue weighted by molar-refractivity contribution is -0.137. The first-order chi connectivity index (χ1) is 15.8. The van der Waals surface area contributed by atoms with Crippen molar-refractivity contribution in [2.45, 2.75) is 32.4 Å². The number of halogens is 3. The molecule has 0 fully saturated rings. The molecule has 1 N–H and O–H groups in total. The number of aryl methyl sites for hydroxylation is 1. The van der Waals surface area contributed by atoms with Gasteiger partial charge in [-0.2, -0.15) is 18.3 Å². The average Bonchev–Trinajstić information content (AvgIpc) is 3.38. The van der Waals surface area contributed by atoms with Crippen LogP contribution in [-0.2, 0) is 23.8 Å². The standard InChI is InChI=1S/C24H24F3N3O3/c1-15-6-9-17(10-7-15)30-20-5-3-4-18(20)22(29-30)23(31)28-19-14-16(24(25,26)27)8-11-21(19)33-13-12-32-2/h6-11,14H,3-5,12-13H2,1-2H3,(H,28,31). The number of carbonyl (C=O) groups is 1. The average molecular weight is 459 g/mol. The zero-order valence-corrected chi connectivity index (χ0v) is 18.3. The molecule has 4 rings (SSSR count). The molecule has 2 aromatic carbocycles. The van der Waals surface area contributed by atoms with Crippen LogP contribution in [0.15, 0.2) is 42.5 Å². The van der Waals surface area contributed by atoms with Crippen LogP contribution in [-0.4, -0.2) is 36.0 Å². The summed E-state index contributed by atoms with van der Waals surface area (Å²) in [4.78, 5) is 13.2. The molecule has 1 aliphatic carbocycles. The Morgan fingerprint density at radius 3 is 2.58 bits per heavy atom. The molecule has 0 radical (unpaired) electrons. The Hall–Kier alpha value is -3.33. The summed E-state index contributed by atoms with van der Waals surface area (Å²) in [5, 5.41) is 7.11. The van der Waals surface area contributed by atoms with Gasteiger partial charge in [-0.25, -0.2) is 4.68 Å². The fraction of sp³-hybridized carbons (Fsp3) is 0.333. The van der Waals surface area contributed by atoms with Crippen LogP contribution in [0.5, 0.6) is 5.75 Å². The molecule has 1 aliphatic rings. The molecule has 0 unspecified atom stereocenters. The number of alkyl halides is 3. The van der Waals surface area contributed by atoms with E-state index in [0.717, 1.165) is 47.5 Å². The summed E-state index contributed by atoms with van der Waals surface area (Å²) in [6, 6.07) is 10.8. The molecule has 6 nitrogen and oxygen atoms in total.